The Kier molecular flexibility index (Phi) is 8.55. The highest BCUT2D eigenvalue weighted by Crippen LogP contribution is 2.21. The van der Waals surface area contributed by atoms with Crippen molar-refractivity contribution in [3.05, 3.63) is 92.4 Å². The molecule has 3 aromatic rings. The van der Waals surface area contributed by atoms with Crippen LogP contribution in [0.15, 0.2) is 60.7 Å². The van der Waals surface area contributed by atoms with Crippen molar-refractivity contribution < 1.29 is 18.7 Å². The van der Waals surface area contributed by atoms with Crippen molar-refractivity contribution in [2.24, 2.45) is 0 Å². The second-order valence-corrected chi connectivity index (χ2v) is 10.5. The van der Waals surface area contributed by atoms with Gasteiger partial charge in [-0.3, -0.25) is 9.59 Å². The zero-order valence-corrected chi connectivity index (χ0v) is 21.2. The van der Waals surface area contributed by atoms with Crippen LogP contribution in [0.5, 0.6) is 0 Å². The van der Waals surface area contributed by atoms with Gasteiger partial charge in [-0.05, 0) is 73.9 Å². The van der Waals surface area contributed by atoms with Crippen LogP contribution in [0.2, 0.25) is 5.02 Å². The van der Waals surface area contributed by atoms with Gasteiger partial charge in [-0.15, -0.1) is 11.3 Å². The smallest absolute Gasteiger partial charge is 0.254 e. The van der Waals surface area contributed by atoms with Crippen molar-refractivity contribution >= 4 is 34.8 Å². The lowest BCUT2D eigenvalue weighted by Gasteiger charge is -2.29. The average Bonchev–Trinajstić information content (AvgIpc) is 3.51. The predicted molar refractivity (Wildman–Crippen MR) is 136 cm³/mol. The van der Waals surface area contributed by atoms with Gasteiger partial charge in [0.25, 0.3) is 5.91 Å². The van der Waals surface area contributed by atoms with Crippen LogP contribution in [0.3, 0.4) is 0 Å². The van der Waals surface area contributed by atoms with Crippen LogP contribution in [0.25, 0.3) is 0 Å². The van der Waals surface area contributed by atoms with Crippen molar-refractivity contribution in [1.29, 1.82) is 0 Å². The number of hydrogen-bond acceptors (Lipinski definition) is 4. The van der Waals surface area contributed by atoms with E-state index in [2.05, 4.69) is 0 Å². The van der Waals surface area contributed by atoms with E-state index in [0.717, 1.165) is 28.2 Å². The zero-order valence-electron chi connectivity index (χ0n) is 19.6. The number of thiophene rings is 1. The van der Waals surface area contributed by atoms with Crippen LogP contribution >= 0.6 is 22.9 Å². The van der Waals surface area contributed by atoms with Gasteiger partial charge in [0.15, 0.2) is 0 Å². The molecule has 0 bridgehead atoms. The fourth-order valence-corrected chi connectivity index (χ4v) is 5.12. The molecule has 184 valence electrons. The fraction of sp³-hybridized carbons (Fsp3) is 0.333. The molecule has 0 radical (unpaired) electrons. The monoisotopic (exact) mass is 514 g/mol. The molecular formula is C27H28ClFN2O3S. The molecule has 8 heteroatoms. The van der Waals surface area contributed by atoms with Crippen LogP contribution in [0.4, 0.5) is 4.39 Å². The number of ether oxygens (including phenoxy) is 1. The van der Waals surface area contributed by atoms with Crippen LogP contribution in [0, 0.1) is 12.7 Å². The Morgan fingerprint density at radius 2 is 1.77 bits per heavy atom. The van der Waals surface area contributed by atoms with Gasteiger partial charge in [0.1, 0.15) is 12.4 Å². The van der Waals surface area contributed by atoms with E-state index >= 15 is 0 Å². The van der Waals surface area contributed by atoms with E-state index in [0.29, 0.717) is 36.8 Å². The summed E-state index contributed by atoms with van der Waals surface area (Å²) in [6, 6.07) is 16.8. The number of nitrogens with zero attached hydrogens (tertiary/aromatic N) is 2. The molecule has 1 fully saturated rings. The Hall–Kier alpha value is -2.74. The SMILES string of the molecule is Cc1ccc(CN(Cc2ccc(F)cc2)C(=O)CN(CC2CCCO2)C(=O)c2ccc(Cl)cc2)s1. The van der Waals surface area contributed by atoms with Gasteiger partial charge in [0.05, 0.1) is 12.6 Å². The number of amides is 2. The van der Waals surface area contributed by atoms with Crippen LogP contribution in [-0.4, -0.2) is 47.4 Å². The third-order valence-electron chi connectivity index (χ3n) is 5.93. The lowest BCUT2D eigenvalue weighted by molar-refractivity contribution is -0.133. The lowest BCUT2D eigenvalue weighted by Crippen LogP contribution is -2.45. The maximum absolute atomic E-state index is 13.6. The minimum Gasteiger partial charge on any atom is -0.376 e. The van der Waals surface area contributed by atoms with Gasteiger partial charge < -0.3 is 14.5 Å². The lowest BCUT2D eigenvalue weighted by atomic mass is 10.1. The van der Waals surface area contributed by atoms with E-state index in [9.17, 15) is 14.0 Å². The highest BCUT2D eigenvalue weighted by atomic mass is 35.5. The van der Waals surface area contributed by atoms with E-state index in [1.165, 1.54) is 12.1 Å². The number of aryl methyl sites for hydroxylation is 1. The van der Waals surface area contributed by atoms with Crippen molar-refractivity contribution in [2.75, 3.05) is 19.7 Å². The van der Waals surface area contributed by atoms with Gasteiger partial charge in [-0.25, -0.2) is 4.39 Å². The van der Waals surface area contributed by atoms with Gasteiger partial charge in [-0.2, -0.15) is 0 Å². The molecule has 1 saturated heterocycles. The Morgan fingerprint density at radius 1 is 1.03 bits per heavy atom. The van der Waals surface area contributed by atoms with E-state index in [4.69, 9.17) is 16.3 Å². The molecule has 5 nitrogen and oxygen atoms in total. The van der Waals surface area contributed by atoms with E-state index in [-0.39, 0.29) is 30.3 Å². The van der Waals surface area contributed by atoms with E-state index in [1.807, 2.05) is 19.1 Å². The van der Waals surface area contributed by atoms with Gasteiger partial charge in [0.2, 0.25) is 5.91 Å². The van der Waals surface area contributed by atoms with Crippen molar-refractivity contribution in [3.63, 3.8) is 0 Å². The topological polar surface area (TPSA) is 49.9 Å². The molecule has 1 aromatic heterocycles. The quantitative estimate of drug-likeness (QED) is 0.368. The largest absolute Gasteiger partial charge is 0.376 e. The van der Waals surface area contributed by atoms with Crippen molar-refractivity contribution in [1.82, 2.24) is 9.80 Å². The molecule has 2 aromatic carbocycles. The summed E-state index contributed by atoms with van der Waals surface area (Å²) < 4.78 is 19.2. The standard InChI is InChI=1S/C27H28ClFN2O3S/c1-19-4-13-25(35-19)17-30(15-20-5-11-23(29)12-6-20)26(32)18-31(16-24-3-2-14-34-24)27(33)21-7-9-22(28)10-8-21/h4-13,24H,2-3,14-18H2,1H3. The molecule has 4 rings (SSSR count). The second-order valence-electron chi connectivity index (χ2n) is 8.72. The Bertz CT molecular complexity index is 1140. The van der Waals surface area contributed by atoms with Crippen molar-refractivity contribution in [2.45, 2.75) is 39.0 Å². The molecule has 1 unspecified atom stereocenters. The highest BCUT2D eigenvalue weighted by molar-refractivity contribution is 7.11. The molecule has 0 aliphatic carbocycles. The molecular weight excluding hydrogens is 487 g/mol. The molecule has 1 aliphatic heterocycles. The first-order valence-electron chi connectivity index (χ1n) is 11.6. The Morgan fingerprint density at radius 3 is 2.40 bits per heavy atom. The number of rotatable bonds is 9. The van der Waals surface area contributed by atoms with Gasteiger partial charge >= 0.3 is 0 Å². The molecule has 0 N–H and O–H groups in total. The second kappa shape index (κ2) is 11.8. The average molecular weight is 515 g/mol. The summed E-state index contributed by atoms with van der Waals surface area (Å²) in [5, 5.41) is 0.542. The molecule has 0 saturated carbocycles. The molecule has 0 spiro atoms. The number of halogens is 2. The highest BCUT2D eigenvalue weighted by Gasteiger charge is 2.27. The fourth-order valence-electron chi connectivity index (χ4n) is 4.09. The summed E-state index contributed by atoms with van der Waals surface area (Å²) in [5.74, 6) is -0.739. The molecule has 1 aliphatic rings. The molecule has 1 atom stereocenters. The summed E-state index contributed by atoms with van der Waals surface area (Å²) in [6.45, 7) is 3.68. The first-order chi connectivity index (χ1) is 16.9. The predicted octanol–water partition coefficient (Wildman–Crippen LogP) is 5.70. The van der Waals surface area contributed by atoms with Gasteiger partial charge in [0, 0.05) is 40.0 Å². The number of carbonyl (C=O) groups is 2. The van der Waals surface area contributed by atoms with Gasteiger partial charge in [-0.1, -0.05) is 23.7 Å². The molecule has 2 heterocycles. The number of carbonyl (C=O) groups excluding carboxylic acids is 2. The first-order valence-corrected chi connectivity index (χ1v) is 12.8. The summed E-state index contributed by atoms with van der Waals surface area (Å²) in [4.78, 5) is 32.5. The summed E-state index contributed by atoms with van der Waals surface area (Å²) in [6.07, 6.45) is 1.70. The molecule has 2 amide bonds. The number of benzene rings is 2. The summed E-state index contributed by atoms with van der Waals surface area (Å²) >= 11 is 7.63. The molecule has 35 heavy (non-hydrogen) atoms. The van der Waals surface area contributed by atoms with E-state index in [1.54, 1.807) is 57.5 Å². The number of hydrogen-bond donors (Lipinski definition) is 0. The van der Waals surface area contributed by atoms with Crippen LogP contribution in [-0.2, 0) is 22.6 Å². The first kappa shape index (κ1) is 25.4. The van der Waals surface area contributed by atoms with Crippen LogP contribution < -0.4 is 0 Å². The van der Waals surface area contributed by atoms with E-state index < -0.39 is 0 Å². The third kappa shape index (κ3) is 7.13. The summed E-state index contributed by atoms with van der Waals surface area (Å²) in [7, 11) is 0. The third-order valence-corrected chi connectivity index (χ3v) is 7.17. The Balaban J connectivity index is 1.55. The Labute approximate surface area is 214 Å². The normalized spacial score (nSPS) is 15.2. The maximum Gasteiger partial charge on any atom is 0.254 e. The zero-order chi connectivity index (χ0) is 24.8. The maximum atomic E-state index is 13.6. The van der Waals surface area contributed by atoms with Crippen molar-refractivity contribution in [3.8, 4) is 0 Å². The summed E-state index contributed by atoms with van der Waals surface area (Å²) in [5.41, 5.74) is 1.29. The van der Waals surface area contributed by atoms with Crippen LogP contribution in [0.1, 0.15) is 38.5 Å². The minimum atomic E-state index is -0.322. The minimum absolute atomic E-state index is 0.0765.